The monoisotopic (exact) mass is 346 g/mol. The Morgan fingerprint density at radius 3 is 2.75 bits per heavy atom. The molecule has 1 aromatic carbocycles. The molecule has 0 atom stereocenters. The molecule has 1 aliphatic rings. The maximum absolute atomic E-state index is 12.4. The highest BCUT2D eigenvalue weighted by atomic mass is 32.1. The van der Waals surface area contributed by atoms with Crippen LogP contribution in [-0.2, 0) is 16.1 Å². The topological polar surface area (TPSA) is 77.5 Å². The number of ketones is 1. The third-order valence-electron chi connectivity index (χ3n) is 3.76. The number of anilines is 1. The maximum atomic E-state index is 12.4. The van der Waals surface area contributed by atoms with E-state index >= 15 is 0 Å². The van der Waals surface area contributed by atoms with Gasteiger partial charge in [0.2, 0.25) is 0 Å². The number of thiazole rings is 1. The summed E-state index contributed by atoms with van der Waals surface area (Å²) in [5.74, 6) is 0.0542. The molecule has 0 unspecified atom stereocenters. The quantitative estimate of drug-likeness (QED) is 0.839. The highest BCUT2D eigenvalue weighted by molar-refractivity contribution is 7.17. The second kappa shape index (κ2) is 8.03. The SMILES string of the molecule is O=C(Nc1ncc(C(=O)C2CCOCC2)s1)OCc1ccccc1. The smallest absolute Gasteiger partial charge is 0.413 e. The number of amides is 1. The molecule has 0 bridgehead atoms. The highest BCUT2D eigenvalue weighted by Gasteiger charge is 2.24. The van der Waals surface area contributed by atoms with E-state index in [9.17, 15) is 9.59 Å². The van der Waals surface area contributed by atoms with Crippen LogP contribution in [0.3, 0.4) is 0 Å². The van der Waals surface area contributed by atoms with Crippen LogP contribution < -0.4 is 5.32 Å². The molecule has 6 nitrogen and oxygen atoms in total. The van der Waals surface area contributed by atoms with Crippen molar-refractivity contribution in [3.05, 3.63) is 47.0 Å². The average Bonchev–Trinajstić information content (AvgIpc) is 3.09. The molecule has 1 aliphatic heterocycles. The first-order valence-corrected chi connectivity index (χ1v) is 8.59. The van der Waals surface area contributed by atoms with Gasteiger partial charge in [0, 0.05) is 19.1 Å². The predicted octanol–water partition coefficient (Wildman–Crippen LogP) is 3.50. The molecule has 2 heterocycles. The average molecular weight is 346 g/mol. The number of hydrogen-bond acceptors (Lipinski definition) is 6. The van der Waals surface area contributed by atoms with Gasteiger partial charge in [-0.2, -0.15) is 0 Å². The van der Waals surface area contributed by atoms with Crippen LogP contribution in [0.5, 0.6) is 0 Å². The Morgan fingerprint density at radius 1 is 1.25 bits per heavy atom. The molecule has 1 amide bonds. The fourth-order valence-electron chi connectivity index (χ4n) is 2.45. The highest BCUT2D eigenvalue weighted by Crippen LogP contribution is 2.25. The minimum atomic E-state index is -0.585. The van der Waals surface area contributed by atoms with Gasteiger partial charge in [0.25, 0.3) is 0 Å². The molecule has 1 fully saturated rings. The second-order valence-electron chi connectivity index (χ2n) is 5.47. The van der Waals surface area contributed by atoms with Crippen molar-refractivity contribution < 1.29 is 19.1 Å². The Kier molecular flexibility index (Phi) is 5.55. The lowest BCUT2D eigenvalue weighted by Crippen LogP contribution is -2.22. The summed E-state index contributed by atoms with van der Waals surface area (Å²) in [4.78, 5) is 28.8. The molecular formula is C17H18N2O4S. The zero-order valence-corrected chi connectivity index (χ0v) is 13.9. The molecule has 126 valence electrons. The standard InChI is InChI=1S/C17H18N2O4S/c20-15(13-6-8-22-9-7-13)14-10-18-16(24-14)19-17(21)23-11-12-4-2-1-3-5-12/h1-5,10,13H,6-9,11H2,(H,18,19,21). The van der Waals surface area contributed by atoms with Gasteiger partial charge in [-0.05, 0) is 18.4 Å². The first kappa shape index (κ1) is 16.6. The van der Waals surface area contributed by atoms with Crippen molar-refractivity contribution in [3.8, 4) is 0 Å². The fraction of sp³-hybridized carbons (Fsp3) is 0.353. The molecule has 0 aliphatic carbocycles. The minimum absolute atomic E-state index is 0.0166. The number of nitrogens with zero attached hydrogens (tertiary/aromatic N) is 1. The molecule has 0 spiro atoms. The Balaban J connectivity index is 1.51. The van der Waals surface area contributed by atoms with Gasteiger partial charge < -0.3 is 9.47 Å². The molecule has 2 aromatic rings. The summed E-state index contributed by atoms with van der Waals surface area (Å²) in [7, 11) is 0. The first-order chi connectivity index (χ1) is 11.7. The molecule has 7 heteroatoms. The van der Waals surface area contributed by atoms with Crippen molar-refractivity contribution >= 4 is 28.3 Å². The van der Waals surface area contributed by atoms with Gasteiger partial charge >= 0.3 is 6.09 Å². The molecule has 1 saturated heterocycles. The van der Waals surface area contributed by atoms with Gasteiger partial charge in [0.15, 0.2) is 10.9 Å². The van der Waals surface area contributed by atoms with Crippen molar-refractivity contribution in [2.24, 2.45) is 5.92 Å². The largest absolute Gasteiger partial charge is 0.444 e. The summed E-state index contributed by atoms with van der Waals surface area (Å²) in [5.41, 5.74) is 0.905. The van der Waals surface area contributed by atoms with Crippen LogP contribution in [0.4, 0.5) is 9.93 Å². The number of aromatic nitrogens is 1. The summed E-state index contributed by atoms with van der Waals surface area (Å²) >= 11 is 1.17. The molecule has 24 heavy (non-hydrogen) atoms. The zero-order valence-electron chi connectivity index (χ0n) is 13.1. The van der Waals surface area contributed by atoms with Gasteiger partial charge in [0.05, 0.1) is 11.1 Å². The normalized spacial score (nSPS) is 15.0. The number of nitrogens with one attached hydrogen (secondary N) is 1. The van der Waals surface area contributed by atoms with E-state index in [0.29, 0.717) is 23.2 Å². The van der Waals surface area contributed by atoms with E-state index in [1.807, 2.05) is 30.3 Å². The van der Waals surface area contributed by atoms with Crippen LogP contribution in [0.1, 0.15) is 28.1 Å². The van der Waals surface area contributed by atoms with E-state index in [2.05, 4.69) is 10.3 Å². The summed E-state index contributed by atoms with van der Waals surface area (Å²) in [6.07, 6.45) is 2.39. The summed E-state index contributed by atoms with van der Waals surface area (Å²) < 4.78 is 10.4. The van der Waals surface area contributed by atoms with Crippen LogP contribution in [0.2, 0.25) is 0 Å². The number of rotatable bonds is 5. The summed E-state index contributed by atoms with van der Waals surface area (Å²) in [6, 6.07) is 9.41. The van der Waals surface area contributed by atoms with Gasteiger partial charge in [0.1, 0.15) is 6.61 Å². The molecular weight excluding hydrogens is 328 g/mol. The third-order valence-corrected chi connectivity index (χ3v) is 4.69. The number of hydrogen-bond donors (Lipinski definition) is 1. The van der Waals surface area contributed by atoms with E-state index in [1.165, 1.54) is 17.5 Å². The van der Waals surface area contributed by atoms with Crippen molar-refractivity contribution in [1.82, 2.24) is 4.98 Å². The van der Waals surface area contributed by atoms with Gasteiger partial charge in [-0.15, -0.1) is 0 Å². The Morgan fingerprint density at radius 2 is 2.00 bits per heavy atom. The van der Waals surface area contributed by atoms with Crippen LogP contribution >= 0.6 is 11.3 Å². The lowest BCUT2D eigenvalue weighted by molar-refractivity contribution is 0.0547. The van der Waals surface area contributed by atoms with Crippen molar-refractivity contribution in [1.29, 1.82) is 0 Å². The van der Waals surface area contributed by atoms with Crippen LogP contribution in [0, 0.1) is 5.92 Å². The van der Waals surface area contributed by atoms with Crippen LogP contribution in [0.25, 0.3) is 0 Å². The van der Waals surface area contributed by atoms with E-state index in [0.717, 1.165) is 18.4 Å². The molecule has 0 radical (unpaired) electrons. The number of ether oxygens (including phenoxy) is 2. The molecule has 0 saturated carbocycles. The Bertz CT molecular complexity index is 696. The number of Topliss-reactive ketones (excluding diaryl/α,β-unsaturated/α-hetero) is 1. The Hall–Kier alpha value is -2.25. The minimum Gasteiger partial charge on any atom is -0.444 e. The molecule has 1 aromatic heterocycles. The van der Waals surface area contributed by atoms with Crippen molar-refractivity contribution in [3.63, 3.8) is 0 Å². The first-order valence-electron chi connectivity index (χ1n) is 7.78. The number of carbonyl (C=O) groups is 2. The van der Waals surface area contributed by atoms with E-state index in [4.69, 9.17) is 9.47 Å². The van der Waals surface area contributed by atoms with Crippen LogP contribution in [0.15, 0.2) is 36.5 Å². The van der Waals surface area contributed by atoms with Crippen LogP contribution in [-0.4, -0.2) is 30.1 Å². The second-order valence-corrected chi connectivity index (χ2v) is 6.50. The Labute approximate surface area is 143 Å². The summed E-state index contributed by atoms with van der Waals surface area (Å²) in [6.45, 7) is 1.42. The molecule has 1 N–H and O–H groups in total. The van der Waals surface area contributed by atoms with Crippen molar-refractivity contribution in [2.45, 2.75) is 19.4 Å². The molecule has 3 rings (SSSR count). The van der Waals surface area contributed by atoms with E-state index in [1.54, 1.807) is 0 Å². The number of benzene rings is 1. The fourth-order valence-corrected chi connectivity index (χ4v) is 3.27. The van der Waals surface area contributed by atoms with Gasteiger partial charge in [-0.3, -0.25) is 10.1 Å². The number of carbonyl (C=O) groups excluding carboxylic acids is 2. The zero-order chi connectivity index (χ0) is 16.8. The van der Waals surface area contributed by atoms with E-state index in [-0.39, 0.29) is 18.3 Å². The predicted molar refractivity (Wildman–Crippen MR) is 90.2 cm³/mol. The lowest BCUT2D eigenvalue weighted by atomic mass is 9.95. The maximum Gasteiger partial charge on any atom is 0.413 e. The van der Waals surface area contributed by atoms with Gasteiger partial charge in [-0.1, -0.05) is 41.7 Å². The third kappa shape index (κ3) is 4.39. The van der Waals surface area contributed by atoms with Gasteiger partial charge in [-0.25, -0.2) is 9.78 Å². The summed E-state index contributed by atoms with van der Waals surface area (Å²) in [5, 5.41) is 2.92. The van der Waals surface area contributed by atoms with Crippen molar-refractivity contribution in [2.75, 3.05) is 18.5 Å². The lowest BCUT2D eigenvalue weighted by Gasteiger charge is -2.19. The van der Waals surface area contributed by atoms with E-state index < -0.39 is 6.09 Å².